The molecule has 2 nitrogen and oxygen atoms in total. The van der Waals surface area contributed by atoms with Gasteiger partial charge in [-0.1, -0.05) is 52.3 Å². The molecule has 0 unspecified atom stereocenters. The standard InChI is InChI=1S/C17H15BrN2S/c1-12-14(18)8-5-9-15(12)19-10-17-20-16(11-21-17)13-6-3-2-4-7-13/h2-9,11,19H,10H2,1H3. The van der Waals surface area contributed by atoms with Crippen LogP contribution in [0, 0.1) is 6.92 Å². The molecule has 2 aromatic carbocycles. The van der Waals surface area contributed by atoms with Crippen molar-refractivity contribution in [1.29, 1.82) is 0 Å². The molecule has 0 amide bonds. The van der Waals surface area contributed by atoms with E-state index in [0.717, 1.165) is 27.4 Å². The van der Waals surface area contributed by atoms with Gasteiger partial charge in [0, 0.05) is 21.1 Å². The van der Waals surface area contributed by atoms with Crippen LogP contribution in [0.5, 0.6) is 0 Å². The average molecular weight is 359 g/mol. The van der Waals surface area contributed by atoms with E-state index in [1.165, 1.54) is 11.1 Å². The Morgan fingerprint density at radius 2 is 1.90 bits per heavy atom. The zero-order valence-electron chi connectivity index (χ0n) is 11.6. The topological polar surface area (TPSA) is 24.9 Å². The summed E-state index contributed by atoms with van der Waals surface area (Å²) in [5, 5.41) is 6.65. The lowest BCUT2D eigenvalue weighted by molar-refractivity contribution is 1.10. The van der Waals surface area contributed by atoms with Crippen LogP contribution in [0.25, 0.3) is 11.3 Å². The van der Waals surface area contributed by atoms with E-state index in [-0.39, 0.29) is 0 Å². The maximum atomic E-state index is 4.69. The highest BCUT2D eigenvalue weighted by Gasteiger charge is 2.05. The van der Waals surface area contributed by atoms with Crippen molar-refractivity contribution in [1.82, 2.24) is 4.98 Å². The maximum Gasteiger partial charge on any atom is 0.112 e. The van der Waals surface area contributed by atoms with Crippen LogP contribution in [-0.4, -0.2) is 4.98 Å². The highest BCUT2D eigenvalue weighted by molar-refractivity contribution is 9.10. The zero-order valence-corrected chi connectivity index (χ0v) is 14.0. The Bertz CT molecular complexity index is 738. The van der Waals surface area contributed by atoms with Crippen LogP contribution >= 0.6 is 27.3 Å². The smallest absolute Gasteiger partial charge is 0.112 e. The quantitative estimate of drug-likeness (QED) is 0.666. The van der Waals surface area contributed by atoms with Gasteiger partial charge in [-0.25, -0.2) is 4.98 Å². The van der Waals surface area contributed by atoms with Crippen molar-refractivity contribution in [3.05, 3.63) is 69.0 Å². The van der Waals surface area contributed by atoms with Crippen molar-refractivity contribution in [2.24, 2.45) is 0 Å². The summed E-state index contributed by atoms with van der Waals surface area (Å²) in [6.07, 6.45) is 0. The Morgan fingerprint density at radius 3 is 2.71 bits per heavy atom. The Hall–Kier alpha value is -1.65. The van der Waals surface area contributed by atoms with Crippen LogP contribution < -0.4 is 5.32 Å². The normalized spacial score (nSPS) is 10.6. The summed E-state index contributed by atoms with van der Waals surface area (Å²) in [7, 11) is 0. The average Bonchev–Trinajstić information content (AvgIpc) is 2.99. The van der Waals surface area contributed by atoms with Crippen molar-refractivity contribution in [3.8, 4) is 11.3 Å². The number of nitrogens with one attached hydrogen (secondary N) is 1. The number of hydrogen-bond acceptors (Lipinski definition) is 3. The van der Waals surface area contributed by atoms with Crippen molar-refractivity contribution in [2.75, 3.05) is 5.32 Å². The molecule has 0 saturated carbocycles. The molecule has 1 heterocycles. The molecule has 21 heavy (non-hydrogen) atoms. The van der Waals surface area contributed by atoms with E-state index in [0.29, 0.717) is 0 Å². The lowest BCUT2D eigenvalue weighted by Gasteiger charge is -2.09. The van der Waals surface area contributed by atoms with Gasteiger partial charge < -0.3 is 5.32 Å². The van der Waals surface area contributed by atoms with Crippen LogP contribution in [0.1, 0.15) is 10.6 Å². The van der Waals surface area contributed by atoms with Crippen LogP contribution in [-0.2, 0) is 6.54 Å². The van der Waals surface area contributed by atoms with Gasteiger partial charge in [-0.15, -0.1) is 11.3 Å². The van der Waals surface area contributed by atoms with E-state index in [1.54, 1.807) is 11.3 Å². The minimum atomic E-state index is 0.745. The summed E-state index contributed by atoms with van der Waals surface area (Å²) in [4.78, 5) is 4.69. The maximum absolute atomic E-state index is 4.69. The number of anilines is 1. The van der Waals surface area contributed by atoms with Gasteiger partial charge in [0.05, 0.1) is 12.2 Å². The first-order chi connectivity index (χ1) is 10.2. The number of rotatable bonds is 4. The monoisotopic (exact) mass is 358 g/mol. The summed E-state index contributed by atoms with van der Waals surface area (Å²) in [6, 6.07) is 16.5. The number of hydrogen-bond donors (Lipinski definition) is 1. The van der Waals surface area contributed by atoms with E-state index in [4.69, 9.17) is 4.98 Å². The van der Waals surface area contributed by atoms with Crippen molar-refractivity contribution in [3.63, 3.8) is 0 Å². The number of aromatic nitrogens is 1. The van der Waals surface area contributed by atoms with Crippen molar-refractivity contribution in [2.45, 2.75) is 13.5 Å². The Kier molecular flexibility index (Phi) is 4.36. The SMILES string of the molecule is Cc1c(Br)cccc1NCc1nc(-c2ccccc2)cs1. The molecule has 0 saturated heterocycles. The van der Waals surface area contributed by atoms with Crippen LogP contribution in [0.4, 0.5) is 5.69 Å². The minimum absolute atomic E-state index is 0.745. The molecule has 1 aromatic heterocycles. The molecule has 0 fully saturated rings. The molecule has 0 spiro atoms. The fourth-order valence-corrected chi connectivity index (χ4v) is 3.21. The second-order valence-corrected chi connectivity index (χ2v) is 6.56. The van der Waals surface area contributed by atoms with E-state index in [9.17, 15) is 0 Å². The highest BCUT2D eigenvalue weighted by Crippen LogP contribution is 2.25. The molecule has 0 atom stereocenters. The fourth-order valence-electron chi connectivity index (χ4n) is 2.10. The third-order valence-corrected chi connectivity index (χ3v) is 5.03. The molecule has 106 valence electrons. The summed E-state index contributed by atoms with van der Waals surface area (Å²) < 4.78 is 1.12. The van der Waals surface area contributed by atoms with Gasteiger partial charge in [0.25, 0.3) is 0 Å². The first kappa shape index (κ1) is 14.3. The van der Waals surface area contributed by atoms with E-state index in [1.807, 2.05) is 24.3 Å². The van der Waals surface area contributed by atoms with Crippen LogP contribution in [0.15, 0.2) is 58.4 Å². The minimum Gasteiger partial charge on any atom is -0.378 e. The molecule has 3 aromatic rings. The van der Waals surface area contributed by atoms with Gasteiger partial charge >= 0.3 is 0 Å². The van der Waals surface area contributed by atoms with Gasteiger partial charge in [0.1, 0.15) is 5.01 Å². The molecule has 1 N–H and O–H groups in total. The Labute approximate surface area is 137 Å². The first-order valence-corrected chi connectivity index (χ1v) is 8.40. The first-order valence-electron chi connectivity index (χ1n) is 6.73. The molecule has 0 aliphatic heterocycles. The van der Waals surface area contributed by atoms with Gasteiger partial charge in [-0.3, -0.25) is 0 Å². The van der Waals surface area contributed by atoms with E-state index >= 15 is 0 Å². The Morgan fingerprint density at radius 1 is 1.10 bits per heavy atom. The number of nitrogens with zero attached hydrogens (tertiary/aromatic N) is 1. The van der Waals surface area contributed by atoms with Gasteiger partial charge in [0.2, 0.25) is 0 Å². The summed E-state index contributed by atoms with van der Waals surface area (Å²) in [6.45, 7) is 2.85. The summed E-state index contributed by atoms with van der Waals surface area (Å²) in [5.74, 6) is 0. The zero-order chi connectivity index (χ0) is 14.7. The highest BCUT2D eigenvalue weighted by atomic mass is 79.9. The third kappa shape index (κ3) is 3.34. The predicted octanol–water partition coefficient (Wildman–Crippen LogP) is 5.49. The van der Waals surface area contributed by atoms with Crippen molar-refractivity contribution < 1.29 is 0 Å². The molecule has 0 aliphatic carbocycles. The Balaban J connectivity index is 1.72. The number of benzene rings is 2. The molecular formula is C17H15BrN2S. The molecular weight excluding hydrogens is 344 g/mol. The van der Waals surface area contributed by atoms with Gasteiger partial charge in [-0.2, -0.15) is 0 Å². The molecule has 3 rings (SSSR count). The molecule has 0 bridgehead atoms. The largest absolute Gasteiger partial charge is 0.378 e. The summed E-state index contributed by atoms with van der Waals surface area (Å²) in [5.41, 5.74) is 4.57. The lowest BCUT2D eigenvalue weighted by Crippen LogP contribution is -2.00. The van der Waals surface area contributed by atoms with Crippen LogP contribution in [0.3, 0.4) is 0 Å². The van der Waals surface area contributed by atoms with E-state index < -0.39 is 0 Å². The van der Waals surface area contributed by atoms with Gasteiger partial charge in [0.15, 0.2) is 0 Å². The van der Waals surface area contributed by atoms with Crippen LogP contribution in [0.2, 0.25) is 0 Å². The molecule has 0 aliphatic rings. The second-order valence-electron chi connectivity index (χ2n) is 4.76. The van der Waals surface area contributed by atoms with Crippen molar-refractivity contribution >= 4 is 33.0 Å². The summed E-state index contributed by atoms with van der Waals surface area (Å²) >= 11 is 5.24. The van der Waals surface area contributed by atoms with E-state index in [2.05, 4.69) is 57.8 Å². The molecule has 0 radical (unpaired) electrons. The third-order valence-electron chi connectivity index (χ3n) is 3.32. The molecule has 4 heteroatoms. The van der Waals surface area contributed by atoms with Gasteiger partial charge in [-0.05, 0) is 24.6 Å². The second kappa shape index (κ2) is 6.41. The number of halogens is 1. The predicted molar refractivity (Wildman–Crippen MR) is 93.8 cm³/mol. The fraction of sp³-hybridized carbons (Fsp3) is 0.118. The lowest BCUT2D eigenvalue weighted by atomic mass is 10.2. The number of thiazole rings is 1.